The van der Waals surface area contributed by atoms with Crippen LogP contribution in [0.1, 0.15) is 23.4 Å². The maximum Gasteiger partial charge on any atom is 0.309 e. The topological polar surface area (TPSA) is 108 Å². The van der Waals surface area contributed by atoms with Crippen LogP contribution in [0, 0.1) is 29.8 Å². The van der Waals surface area contributed by atoms with Crippen LogP contribution in [0.4, 0.5) is 15.9 Å². The number of amides is 1. The molecule has 0 atom stereocenters. The van der Waals surface area contributed by atoms with Gasteiger partial charge in [0.15, 0.2) is 5.82 Å². The third kappa shape index (κ3) is 4.60. The molecule has 0 bridgehead atoms. The normalized spacial score (nSPS) is 10.9. The van der Waals surface area contributed by atoms with Gasteiger partial charge in [-0.1, -0.05) is 17.7 Å². The number of nitrogens with one attached hydrogen (secondary N) is 1. The van der Waals surface area contributed by atoms with Gasteiger partial charge in [-0.05, 0) is 26.0 Å². The van der Waals surface area contributed by atoms with Gasteiger partial charge in [0.1, 0.15) is 17.7 Å². The summed E-state index contributed by atoms with van der Waals surface area (Å²) in [4.78, 5) is 22.5. The minimum atomic E-state index is -0.518. The van der Waals surface area contributed by atoms with E-state index in [9.17, 15) is 19.3 Å². The Morgan fingerprint density at radius 2 is 2.10 bits per heavy atom. The first-order valence-electron chi connectivity index (χ1n) is 8.70. The van der Waals surface area contributed by atoms with Crippen LogP contribution in [0.15, 0.2) is 30.5 Å². The molecule has 0 aliphatic heterocycles. The molecule has 0 radical (unpaired) electrons. The van der Waals surface area contributed by atoms with Crippen LogP contribution in [0.2, 0.25) is 5.02 Å². The highest BCUT2D eigenvalue weighted by molar-refractivity contribution is 6.31. The zero-order valence-corrected chi connectivity index (χ0v) is 16.5. The summed E-state index contributed by atoms with van der Waals surface area (Å²) in [6, 6.07) is 6.11. The van der Waals surface area contributed by atoms with E-state index in [4.69, 9.17) is 11.6 Å². The summed E-state index contributed by atoms with van der Waals surface area (Å²) < 4.78 is 16.9. The Bertz CT molecular complexity index is 1060. The molecule has 29 heavy (non-hydrogen) atoms. The highest BCUT2D eigenvalue weighted by atomic mass is 35.5. The number of carbonyl (C=O) groups is 1. The summed E-state index contributed by atoms with van der Waals surface area (Å²) in [7, 11) is 0. The van der Waals surface area contributed by atoms with Crippen molar-refractivity contribution in [3.63, 3.8) is 0 Å². The summed E-state index contributed by atoms with van der Waals surface area (Å²) in [5, 5.41) is 22.0. The number of aryl methyl sites for hydroxylation is 2. The largest absolute Gasteiger partial charge is 0.309 e. The Hall–Kier alpha value is -3.27. The lowest BCUT2D eigenvalue weighted by Gasteiger charge is -2.08. The molecule has 2 heterocycles. The lowest BCUT2D eigenvalue weighted by Crippen LogP contribution is -2.16. The van der Waals surface area contributed by atoms with Crippen LogP contribution in [-0.2, 0) is 17.9 Å². The Morgan fingerprint density at radius 3 is 2.76 bits per heavy atom. The molecule has 0 saturated heterocycles. The fourth-order valence-electron chi connectivity index (χ4n) is 2.82. The highest BCUT2D eigenvalue weighted by Crippen LogP contribution is 2.21. The Labute approximate surface area is 170 Å². The van der Waals surface area contributed by atoms with E-state index in [2.05, 4.69) is 15.5 Å². The SMILES string of the molecule is Cc1cc(NC(=O)CCn2ncc([N+](=O)[O-])c2C)nn1Cc1c(F)cccc1Cl. The van der Waals surface area contributed by atoms with Crippen molar-refractivity contribution < 1.29 is 14.1 Å². The number of aromatic nitrogens is 4. The molecular weight excluding hydrogens is 403 g/mol. The number of anilines is 1. The van der Waals surface area contributed by atoms with Crippen molar-refractivity contribution in [3.8, 4) is 0 Å². The maximum absolute atomic E-state index is 14.0. The van der Waals surface area contributed by atoms with E-state index in [1.165, 1.54) is 16.8 Å². The highest BCUT2D eigenvalue weighted by Gasteiger charge is 2.17. The van der Waals surface area contributed by atoms with E-state index < -0.39 is 10.7 Å². The monoisotopic (exact) mass is 420 g/mol. The van der Waals surface area contributed by atoms with Gasteiger partial charge in [0.05, 0.1) is 18.0 Å². The van der Waals surface area contributed by atoms with E-state index >= 15 is 0 Å². The molecule has 3 aromatic rings. The lowest BCUT2D eigenvalue weighted by atomic mass is 10.2. The van der Waals surface area contributed by atoms with Gasteiger partial charge >= 0.3 is 5.69 Å². The van der Waals surface area contributed by atoms with Gasteiger partial charge in [-0.2, -0.15) is 10.2 Å². The molecule has 0 aliphatic rings. The van der Waals surface area contributed by atoms with Crippen molar-refractivity contribution in [2.24, 2.45) is 0 Å². The smallest absolute Gasteiger partial charge is 0.309 e. The molecule has 0 aliphatic carbocycles. The Kier molecular flexibility index (Phi) is 5.92. The minimum absolute atomic E-state index is 0.0602. The van der Waals surface area contributed by atoms with Crippen LogP contribution in [0.25, 0.3) is 0 Å². The third-order valence-corrected chi connectivity index (χ3v) is 4.80. The fourth-order valence-corrected chi connectivity index (χ4v) is 3.04. The van der Waals surface area contributed by atoms with Gasteiger partial charge in [0, 0.05) is 28.8 Å². The second kappa shape index (κ2) is 8.39. The quantitative estimate of drug-likeness (QED) is 0.465. The van der Waals surface area contributed by atoms with Crippen molar-refractivity contribution in [1.29, 1.82) is 0 Å². The molecule has 1 amide bonds. The molecule has 1 aromatic carbocycles. The van der Waals surface area contributed by atoms with Gasteiger partial charge in [0.25, 0.3) is 0 Å². The minimum Gasteiger partial charge on any atom is -0.309 e. The van der Waals surface area contributed by atoms with Gasteiger partial charge in [0.2, 0.25) is 5.91 Å². The first-order valence-corrected chi connectivity index (χ1v) is 9.08. The molecule has 1 N–H and O–H groups in total. The predicted octanol–water partition coefficient (Wildman–Crippen LogP) is 3.47. The molecule has 0 saturated carbocycles. The van der Waals surface area contributed by atoms with Crippen LogP contribution in [-0.4, -0.2) is 30.4 Å². The van der Waals surface area contributed by atoms with Crippen molar-refractivity contribution in [2.75, 3.05) is 5.32 Å². The number of halogens is 2. The van der Waals surface area contributed by atoms with E-state index in [0.29, 0.717) is 22.1 Å². The van der Waals surface area contributed by atoms with E-state index in [0.717, 1.165) is 11.9 Å². The number of carbonyl (C=O) groups excluding carboxylic acids is 1. The Balaban J connectivity index is 1.63. The first-order chi connectivity index (χ1) is 13.8. The summed E-state index contributed by atoms with van der Waals surface area (Å²) in [5.74, 6) is -0.430. The predicted molar refractivity (Wildman–Crippen MR) is 104 cm³/mol. The average Bonchev–Trinajstić information content (AvgIpc) is 3.18. The van der Waals surface area contributed by atoms with E-state index in [1.54, 1.807) is 30.7 Å². The van der Waals surface area contributed by atoms with Crippen molar-refractivity contribution in [2.45, 2.75) is 33.4 Å². The van der Waals surface area contributed by atoms with Gasteiger partial charge in [-0.3, -0.25) is 24.3 Å². The maximum atomic E-state index is 14.0. The van der Waals surface area contributed by atoms with Gasteiger partial charge in [-0.25, -0.2) is 4.39 Å². The van der Waals surface area contributed by atoms with E-state index in [1.807, 2.05) is 0 Å². The molecule has 11 heteroatoms. The summed E-state index contributed by atoms with van der Waals surface area (Å²) in [6.07, 6.45) is 1.22. The molecule has 3 rings (SSSR count). The molecule has 9 nitrogen and oxygen atoms in total. The van der Waals surface area contributed by atoms with Gasteiger partial charge in [-0.15, -0.1) is 0 Å². The van der Waals surface area contributed by atoms with Crippen LogP contribution >= 0.6 is 11.6 Å². The number of hydrogen-bond donors (Lipinski definition) is 1. The molecular formula is C18H18ClFN6O3. The van der Waals surface area contributed by atoms with Crippen molar-refractivity contribution in [3.05, 3.63) is 68.4 Å². The van der Waals surface area contributed by atoms with Crippen molar-refractivity contribution >= 4 is 29.0 Å². The first kappa shape index (κ1) is 20.5. The summed E-state index contributed by atoms with van der Waals surface area (Å²) in [6.45, 7) is 3.67. The van der Waals surface area contributed by atoms with Gasteiger partial charge < -0.3 is 5.32 Å². The number of nitro groups is 1. The molecule has 0 unspecified atom stereocenters. The number of rotatable bonds is 7. The second-order valence-corrected chi connectivity index (χ2v) is 6.83. The van der Waals surface area contributed by atoms with E-state index in [-0.39, 0.29) is 31.1 Å². The lowest BCUT2D eigenvalue weighted by molar-refractivity contribution is -0.385. The third-order valence-electron chi connectivity index (χ3n) is 4.44. The number of benzene rings is 1. The standard InChI is InChI=1S/C18H18ClFN6O3/c1-11-8-17(23-25(11)10-13-14(19)4-3-5-15(13)20)22-18(27)6-7-24-12(2)16(9-21-24)26(28)29/h3-5,8-9H,6-7,10H2,1-2H3,(H,22,23,27). The average molecular weight is 421 g/mol. The summed E-state index contributed by atoms with van der Waals surface area (Å²) in [5.41, 5.74) is 1.32. The molecule has 2 aromatic heterocycles. The fraction of sp³-hybridized carbons (Fsp3) is 0.278. The number of nitrogens with zero attached hydrogens (tertiary/aromatic N) is 5. The van der Waals surface area contributed by atoms with Crippen LogP contribution < -0.4 is 5.32 Å². The zero-order chi connectivity index (χ0) is 21.1. The van der Waals surface area contributed by atoms with Crippen LogP contribution in [0.5, 0.6) is 0 Å². The molecule has 152 valence electrons. The number of hydrogen-bond acceptors (Lipinski definition) is 5. The summed E-state index contributed by atoms with van der Waals surface area (Å²) >= 11 is 6.06. The molecule has 0 spiro atoms. The van der Waals surface area contributed by atoms with Crippen molar-refractivity contribution in [1.82, 2.24) is 19.6 Å². The zero-order valence-electron chi connectivity index (χ0n) is 15.7. The molecule has 0 fully saturated rings. The van der Waals surface area contributed by atoms with Crippen LogP contribution in [0.3, 0.4) is 0 Å². The Morgan fingerprint density at radius 1 is 1.34 bits per heavy atom. The second-order valence-electron chi connectivity index (χ2n) is 6.42.